The molecule has 0 aromatic heterocycles. The number of benzene rings is 2. The van der Waals surface area contributed by atoms with Gasteiger partial charge < -0.3 is 10.1 Å². The number of carbonyl (C=O) groups is 1. The van der Waals surface area contributed by atoms with Crippen molar-refractivity contribution in [1.82, 2.24) is 0 Å². The zero-order chi connectivity index (χ0) is 18.2. The third-order valence-electron chi connectivity index (χ3n) is 4.72. The van der Waals surface area contributed by atoms with E-state index in [1.54, 1.807) is 31.4 Å². The van der Waals surface area contributed by atoms with Crippen LogP contribution in [0.5, 0.6) is 5.75 Å². The summed E-state index contributed by atoms with van der Waals surface area (Å²) < 4.78 is 5.35. The minimum absolute atomic E-state index is 0.148. The zero-order valence-corrected chi connectivity index (χ0v) is 15.7. The van der Waals surface area contributed by atoms with Crippen molar-refractivity contribution in [2.24, 2.45) is 0 Å². The Bertz CT molecular complexity index is 787. The number of hydrogen-bond acceptors (Lipinski definition) is 2. The molecule has 1 aliphatic heterocycles. The molecule has 5 heteroatoms. The summed E-state index contributed by atoms with van der Waals surface area (Å²) in [7, 11) is 1.66. The molecule has 132 valence electrons. The highest BCUT2D eigenvalue weighted by atomic mass is 35.5. The largest absolute Gasteiger partial charge is 0.497 e. The molecule has 0 unspecified atom stereocenters. The van der Waals surface area contributed by atoms with Gasteiger partial charge in [0.05, 0.1) is 7.11 Å². The second-order valence-corrected chi connectivity index (χ2v) is 7.55. The SMILES string of the molecule is COc1ccc2c(c1)[C@@H](C)CC(C)(C)N2C(=O)Nc1ccc(Cl)cc1. The Morgan fingerprint density at radius 1 is 1.24 bits per heavy atom. The number of ether oxygens (including phenoxy) is 1. The summed E-state index contributed by atoms with van der Waals surface area (Å²) >= 11 is 5.92. The highest BCUT2D eigenvalue weighted by Crippen LogP contribution is 2.44. The first-order valence-corrected chi connectivity index (χ1v) is 8.74. The molecule has 2 aromatic carbocycles. The molecule has 4 nitrogen and oxygen atoms in total. The van der Waals surface area contributed by atoms with Gasteiger partial charge in [0, 0.05) is 21.9 Å². The molecule has 0 fully saturated rings. The summed E-state index contributed by atoms with van der Waals surface area (Å²) in [6.07, 6.45) is 0.876. The van der Waals surface area contributed by atoms with E-state index in [1.165, 1.54) is 0 Å². The number of anilines is 2. The van der Waals surface area contributed by atoms with Gasteiger partial charge in [-0.25, -0.2) is 4.79 Å². The van der Waals surface area contributed by atoms with Crippen LogP contribution < -0.4 is 15.0 Å². The van der Waals surface area contributed by atoms with Gasteiger partial charge in [0.15, 0.2) is 0 Å². The molecular formula is C20H23ClN2O2. The molecule has 0 saturated heterocycles. The smallest absolute Gasteiger partial charge is 0.326 e. The molecule has 1 N–H and O–H groups in total. The molecule has 0 aliphatic carbocycles. The minimum atomic E-state index is -0.294. The average molecular weight is 359 g/mol. The maximum Gasteiger partial charge on any atom is 0.326 e. The van der Waals surface area contributed by atoms with E-state index >= 15 is 0 Å². The van der Waals surface area contributed by atoms with Crippen LogP contribution in [0.1, 0.15) is 38.7 Å². The predicted molar refractivity (Wildman–Crippen MR) is 103 cm³/mol. The van der Waals surface area contributed by atoms with Crippen molar-refractivity contribution in [2.75, 3.05) is 17.3 Å². The second-order valence-electron chi connectivity index (χ2n) is 7.11. The third kappa shape index (κ3) is 3.45. The van der Waals surface area contributed by atoms with E-state index in [9.17, 15) is 4.79 Å². The van der Waals surface area contributed by atoms with Crippen LogP contribution in [0.4, 0.5) is 16.2 Å². The number of nitrogens with zero attached hydrogens (tertiary/aromatic N) is 1. The summed E-state index contributed by atoms with van der Waals surface area (Å²) in [6.45, 7) is 6.38. The van der Waals surface area contributed by atoms with Crippen LogP contribution in [-0.4, -0.2) is 18.7 Å². The number of methoxy groups -OCH3 is 1. The Morgan fingerprint density at radius 2 is 1.92 bits per heavy atom. The standard InChI is InChI=1S/C20H23ClN2O2/c1-13-12-20(2,3)23(18-10-9-16(25-4)11-17(13)18)19(24)22-15-7-5-14(21)6-8-15/h5-11,13H,12H2,1-4H3,(H,22,24)/t13-/m0/s1. The topological polar surface area (TPSA) is 41.6 Å². The Balaban J connectivity index is 1.97. The lowest BCUT2D eigenvalue weighted by molar-refractivity contribution is 0.247. The number of nitrogens with one attached hydrogen (secondary N) is 1. The monoisotopic (exact) mass is 358 g/mol. The lowest BCUT2D eigenvalue weighted by Crippen LogP contribution is -2.53. The van der Waals surface area contributed by atoms with Crippen LogP contribution in [0.15, 0.2) is 42.5 Å². The normalized spacial score (nSPS) is 18.4. The number of hydrogen-bond donors (Lipinski definition) is 1. The van der Waals surface area contributed by atoms with Crippen LogP contribution in [0, 0.1) is 0 Å². The predicted octanol–water partition coefficient (Wildman–Crippen LogP) is 5.67. The molecular weight excluding hydrogens is 336 g/mol. The van der Waals surface area contributed by atoms with Crippen LogP contribution in [0.3, 0.4) is 0 Å². The summed E-state index contributed by atoms with van der Waals surface area (Å²) in [5.41, 5.74) is 2.48. The molecule has 0 spiro atoms. The van der Waals surface area contributed by atoms with Crippen LogP contribution >= 0.6 is 11.6 Å². The summed E-state index contributed by atoms with van der Waals surface area (Å²) in [4.78, 5) is 14.9. The lowest BCUT2D eigenvalue weighted by atomic mass is 9.80. The molecule has 1 heterocycles. The van der Waals surface area contributed by atoms with E-state index in [-0.39, 0.29) is 11.6 Å². The average Bonchev–Trinajstić information content (AvgIpc) is 2.56. The molecule has 0 saturated carbocycles. The van der Waals surface area contributed by atoms with Gasteiger partial charge in [-0.3, -0.25) is 4.90 Å². The highest BCUT2D eigenvalue weighted by Gasteiger charge is 2.40. The van der Waals surface area contributed by atoms with Gasteiger partial charge in [-0.1, -0.05) is 18.5 Å². The van der Waals surface area contributed by atoms with Gasteiger partial charge in [0.2, 0.25) is 0 Å². The molecule has 0 radical (unpaired) electrons. The van der Waals surface area contributed by atoms with E-state index in [4.69, 9.17) is 16.3 Å². The van der Waals surface area contributed by atoms with Gasteiger partial charge in [0.1, 0.15) is 5.75 Å². The quantitative estimate of drug-likeness (QED) is 0.751. The first kappa shape index (κ1) is 17.6. The van der Waals surface area contributed by atoms with Crippen molar-refractivity contribution in [3.05, 3.63) is 53.1 Å². The minimum Gasteiger partial charge on any atom is -0.497 e. The molecule has 2 aromatic rings. The van der Waals surface area contributed by atoms with E-state index in [0.717, 1.165) is 29.1 Å². The van der Waals surface area contributed by atoms with Crippen molar-refractivity contribution in [1.29, 1.82) is 0 Å². The van der Waals surface area contributed by atoms with Crippen molar-refractivity contribution < 1.29 is 9.53 Å². The van der Waals surface area contributed by atoms with E-state index in [0.29, 0.717) is 10.9 Å². The second kappa shape index (κ2) is 6.60. The van der Waals surface area contributed by atoms with Gasteiger partial charge >= 0.3 is 6.03 Å². The highest BCUT2D eigenvalue weighted by molar-refractivity contribution is 6.30. The van der Waals surface area contributed by atoms with Gasteiger partial charge in [0.25, 0.3) is 0 Å². The zero-order valence-electron chi connectivity index (χ0n) is 15.0. The van der Waals surface area contributed by atoms with Crippen molar-refractivity contribution >= 4 is 29.0 Å². The molecule has 3 rings (SSSR count). The fraction of sp³-hybridized carbons (Fsp3) is 0.350. The first-order valence-electron chi connectivity index (χ1n) is 8.36. The maximum absolute atomic E-state index is 13.0. The van der Waals surface area contributed by atoms with E-state index < -0.39 is 0 Å². The fourth-order valence-electron chi connectivity index (χ4n) is 3.63. The van der Waals surface area contributed by atoms with Crippen LogP contribution in [0.2, 0.25) is 5.02 Å². The van der Waals surface area contributed by atoms with Crippen molar-refractivity contribution in [2.45, 2.75) is 38.6 Å². The summed E-state index contributed by atoms with van der Waals surface area (Å²) in [5, 5.41) is 3.62. The Labute approximate surface area is 153 Å². The first-order chi connectivity index (χ1) is 11.8. The molecule has 2 amide bonds. The third-order valence-corrected chi connectivity index (χ3v) is 4.97. The number of fused-ring (bicyclic) bond motifs is 1. The molecule has 1 aliphatic rings. The summed E-state index contributed by atoms with van der Waals surface area (Å²) in [6, 6.07) is 12.9. The van der Waals surface area contributed by atoms with Crippen molar-refractivity contribution in [3.8, 4) is 5.75 Å². The lowest BCUT2D eigenvalue weighted by Gasteiger charge is -2.45. The van der Waals surface area contributed by atoms with E-state index in [1.807, 2.05) is 23.1 Å². The number of carbonyl (C=O) groups excluding carboxylic acids is 1. The maximum atomic E-state index is 13.0. The van der Waals surface area contributed by atoms with Crippen LogP contribution in [-0.2, 0) is 0 Å². The Hall–Kier alpha value is -2.20. The van der Waals surface area contributed by atoms with Gasteiger partial charge in [-0.15, -0.1) is 0 Å². The fourth-order valence-corrected chi connectivity index (χ4v) is 3.76. The Kier molecular flexibility index (Phi) is 4.65. The van der Waals surface area contributed by atoms with Gasteiger partial charge in [-0.2, -0.15) is 0 Å². The molecule has 0 bridgehead atoms. The summed E-state index contributed by atoms with van der Waals surface area (Å²) in [5.74, 6) is 1.16. The number of halogens is 1. The van der Waals surface area contributed by atoms with Crippen molar-refractivity contribution in [3.63, 3.8) is 0 Å². The van der Waals surface area contributed by atoms with Crippen LogP contribution in [0.25, 0.3) is 0 Å². The van der Waals surface area contributed by atoms with E-state index in [2.05, 4.69) is 26.1 Å². The number of urea groups is 1. The number of amides is 2. The molecule has 1 atom stereocenters. The number of rotatable bonds is 2. The van der Waals surface area contributed by atoms with Gasteiger partial charge in [-0.05, 0) is 74.2 Å². The Morgan fingerprint density at radius 3 is 2.56 bits per heavy atom. The molecule has 25 heavy (non-hydrogen) atoms.